The lowest BCUT2D eigenvalue weighted by Gasteiger charge is -2.04. The van der Waals surface area contributed by atoms with Gasteiger partial charge in [-0.1, -0.05) is 5.16 Å². The van der Waals surface area contributed by atoms with Gasteiger partial charge in [0.15, 0.2) is 5.76 Å². The molecule has 1 aliphatic rings. The van der Waals surface area contributed by atoms with E-state index in [4.69, 9.17) is 9.94 Å². The van der Waals surface area contributed by atoms with Gasteiger partial charge in [0.25, 0.3) is 0 Å². The van der Waals surface area contributed by atoms with E-state index in [0.29, 0.717) is 5.71 Å². The Morgan fingerprint density at radius 2 is 2.27 bits per heavy atom. The van der Waals surface area contributed by atoms with Gasteiger partial charge in [0, 0.05) is 6.08 Å². The van der Waals surface area contributed by atoms with E-state index >= 15 is 0 Å². The predicted molar refractivity (Wildman–Crippen MR) is 38.5 cm³/mol. The Bertz CT molecular complexity index is 263. The summed E-state index contributed by atoms with van der Waals surface area (Å²) in [5.41, 5.74) is 0.307. The highest BCUT2D eigenvalue weighted by Crippen LogP contribution is 2.05. The Hall–Kier alpha value is -1.58. The molecule has 0 unspecified atom stereocenters. The molecule has 0 radical (unpaired) electrons. The zero-order valence-electron chi connectivity index (χ0n) is 5.94. The minimum Gasteiger partial charge on any atom is -0.493 e. The number of hydrogen-bond donors (Lipinski definition) is 1. The molecular formula is C7H7NO3. The average molecular weight is 153 g/mol. The molecule has 4 heteroatoms. The average Bonchev–Trinajstić information content (AvgIpc) is 2.05. The molecule has 1 N–H and O–H groups in total. The molecule has 0 aromatic heterocycles. The van der Waals surface area contributed by atoms with Crippen LogP contribution in [0.2, 0.25) is 0 Å². The van der Waals surface area contributed by atoms with Crippen molar-refractivity contribution in [3.05, 3.63) is 24.0 Å². The Morgan fingerprint density at radius 3 is 2.82 bits per heavy atom. The minimum absolute atomic E-state index is 0.181. The van der Waals surface area contributed by atoms with Gasteiger partial charge in [0.2, 0.25) is 5.78 Å². The summed E-state index contributed by atoms with van der Waals surface area (Å²) in [5, 5.41) is 11.2. The summed E-state index contributed by atoms with van der Waals surface area (Å²) in [6, 6.07) is 0. The lowest BCUT2D eigenvalue weighted by Crippen LogP contribution is -2.08. The van der Waals surface area contributed by atoms with Gasteiger partial charge >= 0.3 is 0 Å². The summed E-state index contributed by atoms with van der Waals surface area (Å²) in [4.78, 5) is 10.9. The zero-order valence-corrected chi connectivity index (χ0v) is 5.94. The number of ketones is 1. The first-order chi connectivity index (χ1) is 5.27. The van der Waals surface area contributed by atoms with Gasteiger partial charge in [-0.25, -0.2) is 0 Å². The molecule has 1 aliphatic carbocycles. The van der Waals surface area contributed by atoms with Crippen molar-refractivity contribution < 1.29 is 14.7 Å². The van der Waals surface area contributed by atoms with Crippen molar-refractivity contribution in [2.45, 2.75) is 0 Å². The highest BCUT2D eigenvalue weighted by atomic mass is 16.5. The fraction of sp³-hybridized carbons (Fsp3) is 0.143. The van der Waals surface area contributed by atoms with Gasteiger partial charge in [0.1, 0.15) is 5.71 Å². The molecule has 58 valence electrons. The Kier molecular flexibility index (Phi) is 2.06. The van der Waals surface area contributed by atoms with E-state index in [9.17, 15) is 4.79 Å². The molecule has 11 heavy (non-hydrogen) atoms. The van der Waals surface area contributed by atoms with Crippen molar-refractivity contribution >= 4 is 11.5 Å². The van der Waals surface area contributed by atoms with Crippen LogP contribution in [0, 0.1) is 0 Å². The fourth-order valence-electron chi connectivity index (χ4n) is 0.718. The van der Waals surface area contributed by atoms with E-state index in [1.807, 2.05) is 0 Å². The monoisotopic (exact) mass is 153 g/mol. The van der Waals surface area contributed by atoms with Gasteiger partial charge in [-0.15, -0.1) is 0 Å². The van der Waals surface area contributed by atoms with Crippen molar-refractivity contribution in [2.24, 2.45) is 5.16 Å². The van der Waals surface area contributed by atoms with Crippen LogP contribution in [0.4, 0.5) is 0 Å². The molecule has 1 rings (SSSR count). The summed E-state index contributed by atoms with van der Waals surface area (Å²) in [6.45, 7) is 0. The van der Waals surface area contributed by atoms with E-state index in [2.05, 4.69) is 5.16 Å². The molecule has 0 saturated heterocycles. The summed E-state index contributed by atoms with van der Waals surface area (Å²) in [7, 11) is 1.39. The fourth-order valence-corrected chi connectivity index (χ4v) is 0.718. The topological polar surface area (TPSA) is 58.9 Å². The van der Waals surface area contributed by atoms with Crippen LogP contribution < -0.4 is 0 Å². The van der Waals surface area contributed by atoms with Crippen molar-refractivity contribution in [3.63, 3.8) is 0 Å². The second kappa shape index (κ2) is 3.01. The number of allylic oxidation sites excluding steroid dienone is 3. The van der Waals surface area contributed by atoms with E-state index in [1.54, 1.807) is 0 Å². The number of carbonyl (C=O) groups is 1. The third kappa shape index (κ3) is 1.46. The third-order valence-corrected chi connectivity index (χ3v) is 1.26. The summed E-state index contributed by atoms with van der Waals surface area (Å²) in [5.74, 6) is -0.0415. The normalized spacial score (nSPS) is 20.3. The molecule has 0 fully saturated rings. The molecule has 0 aromatic rings. The van der Waals surface area contributed by atoms with Crippen LogP contribution in [0.1, 0.15) is 0 Å². The smallest absolute Gasteiger partial charge is 0.220 e. The molecule has 0 bridgehead atoms. The predicted octanol–water partition coefficient (Wildman–Crippen LogP) is 0.486. The SMILES string of the molecule is COC1=CC(=NO)C=CC1=O. The van der Waals surface area contributed by atoms with E-state index in [-0.39, 0.29) is 11.5 Å². The number of methoxy groups -OCH3 is 1. The van der Waals surface area contributed by atoms with Crippen LogP contribution in [-0.2, 0) is 9.53 Å². The first-order valence-electron chi connectivity index (χ1n) is 2.98. The first kappa shape index (κ1) is 7.53. The standard InChI is InChI=1S/C7H7NO3/c1-11-7-4-5(8-10)2-3-6(7)9/h2-4,10H,1H3. The number of rotatable bonds is 1. The Morgan fingerprint density at radius 1 is 1.55 bits per heavy atom. The number of carbonyl (C=O) groups excluding carboxylic acids is 1. The first-order valence-corrected chi connectivity index (χ1v) is 2.98. The second-order valence-corrected chi connectivity index (χ2v) is 1.94. The molecule has 0 aromatic carbocycles. The van der Waals surface area contributed by atoms with Gasteiger partial charge in [-0.3, -0.25) is 4.79 Å². The van der Waals surface area contributed by atoms with Crippen LogP contribution in [0.25, 0.3) is 0 Å². The summed E-state index contributed by atoms with van der Waals surface area (Å²) < 4.78 is 4.70. The van der Waals surface area contributed by atoms with Crippen LogP contribution in [-0.4, -0.2) is 23.8 Å². The molecule has 0 aliphatic heterocycles. The van der Waals surface area contributed by atoms with Crippen molar-refractivity contribution in [1.29, 1.82) is 0 Å². The highest BCUT2D eigenvalue weighted by molar-refractivity contribution is 6.18. The van der Waals surface area contributed by atoms with E-state index in [0.717, 1.165) is 0 Å². The largest absolute Gasteiger partial charge is 0.493 e. The Balaban J connectivity index is 2.93. The maximum Gasteiger partial charge on any atom is 0.220 e. The number of ether oxygens (including phenoxy) is 1. The molecule has 0 amide bonds. The second-order valence-electron chi connectivity index (χ2n) is 1.94. The zero-order chi connectivity index (χ0) is 8.27. The van der Waals surface area contributed by atoms with E-state index < -0.39 is 0 Å². The van der Waals surface area contributed by atoms with Crippen LogP contribution >= 0.6 is 0 Å². The van der Waals surface area contributed by atoms with E-state index in [1.165, 1.54) is 25.3 Å². The minimum atomic E-state index is -0.222. The maximum absolute atomic E-state index is 10.9. The number of nitrogens with zero attached hydrogens (tertiary/aromatic N) is 1. The van der Waals surface area contributed by atoms with Crippen molar-refractivity contribution in [1.82, 2.24) is 0 Å². The van der Waals surface area contributed by atoms with Gasteiger partial charge < -0.3 is 9.94 Å². The highest BCUT2D eigenvalue weighted by Gasteiger charge is 2.11. The van der Waals surface area contributed by atoms with Crippen molar-refractivity contribution in [3.8, 4) is 0 Å². The van der Waals surface area contributed by atoms with Gasteiger partial charge in [-0.2, -0.15) is 0 Å². The lowest BCUT2D eigenvalue weighted by atomic mass is 10.1. The molecular weight excluding hydrogens is 146 g/mol. The van der Waals surface area contributed by atoms with Crippen LogP contribution in [0.3, 0.4) is 0 Å². The summed E-state index contributed by atoms with van der Waals surface area (Å²) in [6.07, 6.45) is 4.06. The molecule has 4 nitrogen and oxygen atoms in total. The van der Waals surface area contributed by atoms with Crippen LogP contribution in [0.15, 0.2) is 29.1 Å². The van der Waals surface area contributed by atoms with Gasteiger partial charge in [0.05, 0.1) is 7.11 Å². The summed E-state index contributed by atoms with van der Waals surface area (Å²) >= 11 is 0. The van der Waals surface area contributed by atoms with Crippen molar-refractivity contribution in [2.75, 3.05) is 7.11 Å². The van der Waals surface area contributed by atoms with Gasteiger partial charge in [-0.05, 0) is 12.2 Å². The molecule has 0 atom stereocenters. The van der Waals surface area contributed by atoms with Crippen LogP contribution in [0.5, 0.6) is 0 Å². The lowest BCUT2D eigenvalue weighted by molar-refractivity contribution is -0.114. The third-order valence-electron chi connectivity index (χ3n) is 1.26. The quantitative estimate of drug-likeness (QED) is 0.338. The maximum atomic E-state index is 10.9. The number of hydrogen-bond acceptors (Lipinski definition) is 4. The molecule has 0 saturated carbocycles. The molecule has 0 spiro atoms. The number of oxime groups is 1. The molecule has 0 heterocycles. The Labute approximate surface area is 63.5 Å².